The third-order valence-electron chi connectivity index (χ3n) is 3.63. The topological polar surface area (TPSA) is 98.2 Å². The van der Waals surface area contributed by atoms with Crippen molar-refractivity contribution in [3.63, 3.8) is 0 Å². The lowest BCUT2D eigenvalue weighted by atomic mass is 10.1. The molecule has 124 valence electrons. The maximum absolute atomic E-state index is 12.3. The van der Waals surface area contributed by atoms with E-state index in [-0.39, 0.29) is 12.3 Å². The van der Waals surface area contributed by atoms with E-state index in [1.54, 1.807) is 19.9 Å². The number of amides is 1. The van der Waals surface area contributed by atoms with Crippen LogP contribution in [0.1, 0.15) is 35.8 Å². The highest BCUT2D eigenvalue weighted by Crippen LogP contribution is 2.19. The number of hydrogen-bond acceptors (Lipinski definition) is 6. The Bertz CT molecular complexity index is 958. The molecule has 3 aromatic rings. The van der Waals surface area contributed by atoms with Gasteiger partial charge in [-0.1, -0.05) is 17.3 Å². The molecule has 1 N–H and O–H groups in total. The molecule has 7 nitrogen and oxygen atoms in total. The summed E-state index contributed by atoms with van der Waals surface area (Å²) in [6.45, 7) is 5.37. The normalized spacial score (nSPS) is 12.3. The van der Waals surface area contributed by atoms with Crippen molar-refractivity contribution in [1.29, 1.82) is 0 Å². The van der Waals surface area contributed by atoms with E-state index in [0.717, 1.165) is 10.9 Å². The first-order chi connectivity index (χ1) is 11.4. The first-order valence-electron chi connectivity index (χ1n) is 7.55. The minimum atomic E-state index is -0.475. The molecular formula is C17H17N3O4. The van der Waals surface area contributed by atoms with E-state index in [9.17, 15) is 9.59 Å². The van der Waals surface area contributed by atoms with Gasteiger partial charge in [-0.15, -0.1) is 0 Å². The summed E-state index contributed by atoms with van der Waals surface area (Å²) < 4.78 is 10.2. The lowest BCUT2D eigenvalue weighted by molar-refractivity contribution is -0.121. The predicted octanol–water partition coefficient (Wildman–Crippen LogP) is 2.21. The lowest BCUT2D eigenvalue weighted by Gasteiger charge is -2.10. The van der Waals surface area contributed by atoms with E-state index in [2.05, 4.69) is 15.5 Å². The van der Waals surface area contributed by atoms with Crippen LogP contribution >= 0.6 is 0 Å². The smallest absolute Gasteiger partial charge is 0.336 e. The predicted molar refractivity (Wildman–Crippen MR) is 86.5 cm³/mol. The van der Waals surface area contributed by atoms with Gasteiger partial charge in [-0.25, -0.2) is 4.79 Å². The number of carbonyl (C=O) groups is 1. The molecule has 2 aromatic heterocycles. The van der Waals surface area contributed by atoms with E-state index in [0.29, 0.717) is 22.9 Å². The highest BCUT2D eigenvalue weighted by atomic mass is 16.5. The van der Waals surface area contributed by atoms with Crippen molar-refractivity contribution in [2.45, 2.75) is 33.2 Å². The van der Waals surface area contributed by atoms with Crippen LogP contribution in [0.4, 0.5) is 0 Å². The van der Waals surface area contributed by atoms with Gasteiger partial charge in [0.05, 0.1) is 6.42 Å². The lowest BCUT2D eigenvalue weighted by Crippen LogP contribution is -2.28. The Kier molecular flexibility index (Phi) is 4.16. The monoisotopic (exact) mass is 327 g/mol. The van der Waals surface area contributed by atoms with Gasteiger partial charge in [0.15, 0.2) is 5.82 Å². The van der Waals surface area contributed by atoms with E-state index < -0.39 is 11.7 Å². The van der Waals surface area contributed by atoms with E-state index in [4.69, 9.17) is 8.94 Å². The van der Waals surface area contributed by atoms with Crippen molar-refractivity contribution in [2.24, 2.45) is 0 Å². The molecule has 0 aliphatic heterocycles. The van der Waals surface area contributed by atoms with Gasteiger partial charge < -0.3 is 14.3 Å². The van der Waals surface area contributed by atoms with Gasteiger partial charge in [-0.05, 0) is 38.0 Å². The first kappa shape index (κ1) is 15.9. The van der Waals surface area contributed by atoms with Crippen LogP contribution in [-0.2, 0) is 11.2 Å². The Morgan fingerprint density at radius 1 is 1.29 bits per heavy atom. The summed E-state index contributed by atoms with van der Waals surface area (Å²) in [6.07, 6.45) is 0.0582. The minimum absolute atomic E-state index is 0.0582. The summed E-state index contributed by atoms with van der Waals surface area (Å²) in [5, 5.41) is 7.23. The van der Waals surface area contributed by atoms with Gasteiger partial charge in [0.25, 0.3) is 0 Å². The molecule has 1 atom stereocenters. The van der Waals surface area contributed by atoms with E-state index in [1.807, 2.05) is 19.1 Å². The van der Waals surface area contributed by atoms with Crippen LogP contribution in [-0.4, -0.2) is 16.0 Å². The molecule has 0 saturated heterocycles. The largest absolute Gasteiger partial charge is 0.423 e. The molecule has 7 heteroatoms. The maximum atomic E-state index is 12.3. The third-order valence-corrected chi connectivity index (χ3v) is 3.63. The van der Waals surface area contributed by atoms with Crippen molar-refractivity contribution in [3.05, 3.63) is 57.5 Å². The zero-order chi connectivity index (χ0) is 17.3. The number of nitrogens with zero attached hydrogens (tertiary/aromatic N) is 2. The van der Waals surface area contributed by atoms with Crippen LogP contribution in [0.25, 0.3) is 11.0 Å². The Hall–Kier alpha value is -2.96. The molecule has 0 aliphatic carbocycles. The number of carbonyl (C=O) groups excluding carboxylic acids is 1. The third kappa shape index (κ3) is 3.34. The Morgan fingerprint density at radius 3 is 2.79 bits per heavy atom. The fourth-order valence-corrected chi connectivity index (χ4v) is 2.50. The Balaban J connectivity index is 1.81. The van der Waals surface area contributed by atoms with E-state index >= 15 is 0 Å². The number of fused-ring (bicyclic) bond motifs is 1. The second-order valence-electron chi connectivity index (χ2n) is 5.74. The van der Waals surface area contributed by atoms with Crippen molar-refractivity contribution in [1.82, 2.24) is 15.5 Å². The Morgan fingerprint density at radius 2 is 2.08 bits per heavy atom. The number of aromatic nitrogens is 2. The number of rotatable bonds is 4. The summed E-state index contributed by atoms with van der Waals surface area (Å²) in [6, 6.07) is 6.47. The molecule has 0 unspecified atom stereocenters. The van der Waals surface area contributed by atoms with Gasteiger partial charge in [-0.2, -0.15) is 4.98 Å². The molecule has 0 fully saturated rings. The summed E-state index contributed by atoms with van der Waals surface area (Å²) >= 11 is 0. The Labute approximate surface area is 137 Å². The fraction of sp³-hybridized carbons (Fsp3) is 0.294. The van der Waals surface area contributed by atoms with E-state index in [1.165, 1.54) is 6.07 Å². The molecule has 0 saturated carbocycles. The second-order valence-corrected chi connectivity index (χ2v) is 5.74. The number of benzene rings is 1. The zero-order valence-corrected chi connectivity index (χ0v) is 13.6. The maximum Gasteiger partial charge on any atom is 0.336 e. The minimum Gasteiger partial charge on any atom is -0.423 e. The van der Waals surface area contributed by atoms with Gasteiger partial charge in [0.2, 0.25) is 11.8 Å². The quantitative estimate of drug-likeness (QED) is 0.738. The summed E-state index contributed by atoms with van der Waals surface area (Å²) in [7, 11) is 0. The molecule has 24 heavy (non-hydrogen) atoms. The fourth-order valence-electron chi connectivity index (χ4n) is 2.50. The van der Waals surface area contributed by atoms with Gasteiger partial charge >= 0.3 is 5.63 Å². The molecule has 1 amide bonds. The van der Waals surface area contributed by atoms with Crippen LogP contribution < -0.4 is 10.9 Å². The first-order valence-corrected chi connectivity index (χ1v) is 7.55. The number of nitrogens with one attached hydrogen (secondary N) is 1. The average Bonchev–Trinajstić information content (AvgIpc) is 2.93. The zero-order valence-electron chi connectivity index (χ0n) is 13.6. The van der Waals surface area contributed by atoms with Crippen molar-refractivity contribution < 1.29 is 13.7 Å². The van der Waals surface area contributed by atoms with Crippen LogP contribution in [0, 0.1) is 13.8 Å². The molecule has 0 bridgehead atoms. The molecule has 3 rings (SSSR count). The average molecular weight is 327 g/mol. The highest BCUT2D eigenvalue weighted by Gasteiger charge is 2.17. The molecule has 1 aromatic carbocycles. The van der Waals surface area contributed by atoms with Crippen molar-refractivity contribution in [2.75, 3.05) is 0 Å². The molecule has 0 radical (unpaired) electrons. The summed E-state index contributed by atoms with van der Waals surface area (Å²) in [5.74, 6) is 0.605. The van der Waals surface area contributed by atoms with Crippen LogP contribution in [0.2, 0.25) is 0 Å². The van der Waals surface area contributed by atoms with Crippen molar-refractivity contribution >= 4 is 16.9 Å². The van der Waals surface area contributed by atoms with Crippen molar-refractivity contribution in [3.8, 4) is 0 Å². The van der Waals surface area contributed by atoms with Gasteiger partial charge in [0, 0.05) is 11.5 Å². The standard InChI is InChI=1S/C17H17N3O4/c1-9-4-5-13-12(8-16(22)23-14(13)6-9)7-15(21)18-10(2)17-19-11(3)20-24-17/h4-6,8,10H,7H2,1-3H3,(H,18,21)/t10-/m1/s1. The van der Waals surface area contributed by atoms with Gasteiger partial charge in [-0.3, -0.25) is 4.79 Å². The summed E-state index contributed by atoms with van der Waals surface area (Å²) in [4.78, 5) is 28.1. The number of aryl methyl sites for hydroxylation is 2. The molecular weight excluding hydrogens is 310 g/mol. The molecule has 0 aliphatic rings. The van der Waals surface area contributed by atoms with Crippen LogP contribution in [0.5, 0.6) is 0 Å². The number of hydrogen-bond donors (Lipinski definition) is 1. The van der Waals surface area contributed by atoms with Crippen LogP contribution in [0.15, 0.2) is 38.0 Å². The highest BCUT2D eigenvalue weighted by molar-refractivity contribution is 5.87. The van der Waals surface area contributed by atoms with Gasteiger partial charge in [0.1, 0.15) is 11.6 Å². The SMILES string of the molecule is Cc1ccc2c(CC(=O)N[C@H](C)c3nc(C)no3)cc(=O)oc2c1. The van der Waals surface area contributed by atoms with Crippen LogP contribution in [0.3, 0.4) is 0 Å². The second kappa shape index (κ2) is 6.27. The summed E-state index contributed by atoms with van der Waals surface area (Å²) in [5.41, 5.74) is 1.60. The molecule has 0 spiro atoms. The molecule has 2 heterocycles.